The fraction of sp³-hybridized carbons (Fsp3) is 0.133. The Labute approximate surface area is 210 Å². The van der Waals surface area contributed by atoms with Crippen LogP contribution in [0, 0.1) is 0 Å². The molecule has 0 amide bonds. The summed E-state index contributed by atoms with van der Waals surface area (Å²) in [4.78, 5) is 16.3. The van der Waals surface area contributed by atoms with E-state index in [2.05, 4.69) is 4.99 Å². The number of rotatable bonds is 9. The second kappa shape index (κ2) is 11.7. The van der Waals surface area contributed by atoms with Crippen LogP contribution < -0.4 is 20.0 Å². The smallest absolute Gasteiger partial charge is 0.352 e. The van der Waals surface area contributed by atoms with Gasteiger partial charge in [0.2, 0.25) is 0 Å². The van der Waals surface area contributed by atoms with Gasteiger partial charge in [0.1, 0.15) is 22.9 Å². The number of hydrogen-bond donors (Lipinski definition) is 1. The average molecular weight is 481 g/mol. The van der Waals surface area contributed by atoms with Crippen molar-refractivity contribution in [1.82, 2.24) is 4.57 Å². The fourth-order valence-corrected chi connectivity index (χ4v) is 3.89. The lowest BCUT2D eigenvalue weighted by Gasteiger charge is -2.10. The quantitative estimate of drug-likeness (QED) is 0.352. The molecule has 0 saturated carbocycles. The van der Waals surface area contributed by atoms with Crippen LogP contribution in [0.15, 0.2) is 89.9 Å². The Bertz CT molecular complexity index is 1470. The monoisotopic (exact) mass is 480 g/mol. The van der Waals surface area contributed by atoms with Gasteiger partial charge in [0.15, 0.2) is 0 Å². The fourth-order valence-electron chi connectivity index (χ4n) is 3.89. The first-order valence-corrected chi connectivity index (χ1v) is 11.7. The topological polar surface area (TPSA) is 73.0 Å². The predicted octanol–water partition coefficient (Wildman–Crippen LogP) is 4.74. The number of carboxylic acid groups (broad SMARTS) is 1. The number of nitrogens with zero attached hydrogens (tertiary/aromatic N) is 2. The molecule has 0 radical (unpaired) electrons. The summed E-state index contributed by atoms with van der Waals surface area (Å²) in [7, 11) is 1.68. The van der Waals surface area contributed by atoms with E-state index in [0.717, 1.165) is 33.2 Å². The van der Waals surface area contributed by atoms with Gasteiger partial charge < -0.3 is 19.1 Å². The summed E-state index contributed by atoms with van der Waals surface area (Å²) in [6, 6.07) is 26.6. The second-order valence-electron chi connectivity index (χ2n) is 8.04. The Hall–Kier alpha value is -4.58. The summed E-state index contributed by atoms with van der Waals surface area (Å²) >= 11 is 0. The maximum absolute atomic E-state index is 12.2. The number of benzene rings is 3. The first kappa shape index (κ1) is 24.5. The van der Waals surface area contributed by atoms with Crippen LogP contribution in [0.1, 0.15) is 28.5 Å². The lowest BCUT2D eigenvalue weighted by molar-refractivity contribution is 0.0685. The van der Waals surface area contributed by atoms with Crippen LogP contribution in [0.3, 0.4) is 0 Å². The normalized spacial score (nSPS) is 12.3. The van der Waals surface area contributed by atoms with Crippen LogP contribution in [-0.4, -0.2) is 35.5 Å². The van der Waals surface area contributed by atoms with E-state index in [0.29, 0.717) is 18.9 Å². The molecule has 3 aromatic carbocycles. The number of ether oxygens (including phenoxy) is 2. The number of aromatic nitrogens is 1. The van der Waals surface area contributed by atoms with E-state index >= 15 is 0 Å². The molecule has 1 N–H and O–H groups in total. The van der Waals surface area contributed by atoms with Crippen LogP contribution in [0.25, 0.3) is 12.2 Å². The molecule has 0 spiro atoms. The zero-order chi connectivity index (χ0) is 25.3. The van der Waals surface area contributed by atoms with Gasteiger partial charge >= 0.3 is 5.97 Å². The third kappa shape index (κ3) is 6.10. The SMILES string of the molecule is CCOc1cccc(/C=c2\cc(C(=O)O)n(Cc3ccc(Oc4ccccc4)cc3)\c2=C\C=NC)c1. The number of aliphatic imine (C=N–C) groups is 1. The molecule has 1 heterocycles. The van der Waals surface area contributed by atoms with E-state index in [1.54, 1.807) is 23.9 Å². The molecule has 0 atom stereocenters. The van der Waals surface area contributed by atoms with Gasteiger partial charge in [-0.05, 0) is 72.7 Å². The molecule has 0 aliphatic rings. The highest BCUT2D eigenvalue weighted by Crippen LogP contribution is 2.21. The minimum Gasteiger partial charge on any atom is -0.494 e. The summed E-state index contributed by atoms with van der Waals surface area (Å²) in [5, 5.41) is 11.5. The molecule has 0 bridgehead atoms. The Morgan fingerprint density at radius 1 is 0.944 bits per heavy atom. The summed E-state index contributed by atoms with van der Waals surface area (Å²) < 4.78 is 13.3. The van der Waals surface area contributed by atoms with Crippen LogP contribution >= 0.6 is 0 Å². The Kier molecular flexibility index (Phi) is 7.98. The number of aromatic carboxylic acids is 1. The Balaban J connectivity index is 1.72. The van der Waals surface area contributed by atoms with Crippen molar-refractivity contribution in [3.63, 3.8) is 0 Å². The van der Waals surface area contributed by atoms with E-state index in [4.69, 9.17) is 9.47 Å². The van der Waals surface area contributed by atoms with Crippen molar-refractivity contribution in [3.05, 3.63) is 112 Å². The van der Waals surface area contributed by atoms with E-state index in [-0.39, 0.29) is 5.69 Å². The number of carboxylic acids is 1. The maximum atomic E-state index is 12.2. The van der Waals surface area contributed by atoms with Crippen molar-refractivity contribution in [1.29, 1.82) is 0 Å². The molecule has 6 nitrogen and oxygen atoms in total. The molecule has 0 unspecified atom stereocenters. The number of para-hydroxylation sites is 1. The van der Waals surface area contributed by atoms with Crippen LogP contribution in [0.4, 0.5) is 0 Å². The first-order valence-electron chi connectivity index (χ1n) is 11.7. The molecular formula is C30H28N2O4. The van der Waals surface area contributed by atoms with Gasteiger partial charge in [-0.2, -0.15) is 0 Å². The minimum atomic E-state index is -0.996. The lowest BCUT2D eigenvalue weighted by Crippen LogP contribution is -2.30. The molecular weight excluding hydrogens is 452 g/mol. The molecule has 0 fully saturated rings. The summed E-state index contributed by atoms with van der Waals surface area (Å²) in [6.07, 6.45) is 5.46. The van der Waals surface area contributed by atoms with Crippen LogP contribution in [-0.2, 0) is 6.54 Å². The highest BCUT2D eigenvalue weighted by atomic mass is 16.5. The van der Waals surface area contributed by atoms with Crippen molar-refractivity contribution in [2.24, 2.45) is 4.99 Å². The van der Waals surface area contributed by atoms with E-state index in [1.165, 1.54) is 0 Å². The Morgan fingerprint density at radius 3 is 2.36 bits per heavy atom. The van der Waals surface area contributed by atoms with Gasteiger partial charge in [-0.3, -0.25) is 4.99 Å². The molecule has 182 valence electrons. The highest BCUT2D eigenvalue weighted by molar-refractivity contribution is 5.91. The van der Waals surface area contributed by atoms with Gasteiger partial charge in [0, 0.05) is 25.0 Å². The lowest BCUT2D eigenvalue weighted by atomic mass is 10.2. The van der Waals surface area contributed by atoms with Gasteiger partial charge in [-0.1, -0.05) is 42.5 Å². The third-order valence-electron chi connectivity index (χ3n) is 5.50. The molecule has 4 rings (SSSR count). The zero-order valence-electron chi connectivity index (χ0n) is 20.3. The standard InChI is InChI=1S/C30H28N2O4/c1-3-35-27-11-7-8-23(19-27)18-24-20-29(30(33)34)32(28(24)16-17-31-2)21-22-12-14-26(15-13-22)36-25-9-5-4-6-10-25/h4-20H,3,21H2,1-2H3,(H,33,34)/b24-18+,28-16+,31-17?. The van der Waals surface area contributed by atoms with E-state index in [1.807, 2.05) is 97.9 Å². The maximum Gasteiger partial charge on any atom is 0.352 e. The predicted molar refractivity (Wildman–Crippen MR) is 143 cm³/mol. The number of hydrogen-bond acceptors (Lipinski definition) is 4. The molecule has 4 aromatic rings. The van der Waals surface area contributed by atoms with Gasteiger partial charge in [-0.25, -0.2) is 4.79 Å². The van der Waals surface area contributed by atoms with E-state index in [9.17, 15) is 9.90 Å². The van der Waals surface area contributed by atoms with Crippen molar-refractivity contribution in [2.75, 3.05) is 13.7 Å². The number of carbonyl (C=O) groups is 1. The first-order chi connectivity index (χ1) is 17.6. The highest BCUT2D eigenvalue weighted by Gasteiger charge is 2.13. The van der Waals surface area contributed by atoms with Crippen molar-refractivity contribution in [2.45, 2.75) is 13.5 Å². The summed E-state index contributed by atoms with van der Waals surface area (Å²) in [5.41, 5.74) is 2.06. The Morgan fingerprint density at radius 2 is 1.67 bits per heavy atom. The minimum absolute atomic E-state index is 0.197. The van der Waals surface area contributed by atoms with Gasteiger partial charge in [0.05, 0.1) is 12.0 Å². The molecule has 1 aromatic heterocycles. The van der Waals surface area contributed by atoms with Crippen LogP contribution in [0.5, 0.6) is 17.2 Å². The van der Waals surface area contributed by atoms with Gasteiger partial charge in [0.25, 0.3) is 0 Å². The largest absolute Gasteiger partial charge is 0.494 e. The average Bonchev–Trinajstić information content (AvgIpc) is 3.21. The van der Waals surface area contributed by atoms with Gasteiger partial charge in [-0.15, -0.1) is 0 Å². The third-order valence-corrected chi connectivity index (χ3v) is 5.50. The van der Waals surface area contributed by atoms with Crippen molar-refractivity contribution < 1.29 is 19.4 Å². The summed E-state index contributed by atoms with van der Waals surface area (Å²) in [6.45, 7) is 2.89. The molecule has 0 aliphatic heterocycles. The molecule has 0 saturated heterocycles. The van der Waals surface area contributed by atoms with Crippen molar-refractivity contribution >= 4 is 24.3 Å². The molecule has 6 heteroatoms. The van der Waals surface area contributed by atoms with E-state index < -0.39 is 5.97 Å². The second-order valence-corrected chi connectivity index (χ2v) is 8.04. The molecule has 36 heavy (non-hydrogen) atoms. The van der Waals surface area contributed by atoms with Crippen LogP contribution in [0.2, 0.25) is 0 Å². The summed E-state index contributed by atoms with van der Waals surface area (Å²) in [5.74, 6) is 1.24. The van der Waals surface area contributed by atoms with Crippen molar-refractivity contribution in [3.8, 4) is 17.2 Å². The molecule has 0 aliphatic carbocycles. The zero-order valence-corrected chi connectivity index (χ0v) is 20.3.